The summed E-state index contributed by atoms with van der Waals surface area (Å²) >= 11 is 5.59. The SMILES string of the molecule is COc1ccc(-c2ccc(CO)o2)c(NCC(O)CCl)c1. The van der Waals surface area contributed by atoms with E-state index in [4.69, 9.17) is 25.9 Å². The van der Waals surface area contributed by atoms with E-state index in [1.54, 1.807) is 19.2 Å². The van der Waals surface area contributed by atoms with Crippen LogP contribution in [0.3, 0.4) is 0 Å². The highest BCUT2D eigenvalue weighted by molar-refractivity contribution is 6.18. The number of aliphatic hydroxyl groups is 2. The van der Waals surface area contributed by atoms with Crippen molar-refractivity contribution in [2.45, 2.75) is 12.7 Å². The van der Waals surface area contributed by atoms with Crippen molar-refractivity contribution >= 4 is 17.3 Å². The van der Waals surface area contributed by atoms with E-state index < -0.39 is 6.10 Å². The molecule has 6 heteroatoms. The van der Waals surface area contributed by atoms with Crippen LogP contribution in [0.5, 0.6) is 5.75 Å². The Bertz CT molecular complexity index is 585. The number of anilines is 1. The second-order valence-electron chi connectivity index (χ2n) is 4.52. The Hall–Kier alpha value is -1.69. The first-order valence-electron chi connectivity index (χ1n) is 6.53. The lowest BCUT2D eigenvalue weighted by atomic mass is 10.1. The molecule has 0 bridgehead atoms. The third-order valence-corrected chi connectivity index (χ3v) is 3.37. The first-order chi connectivity index (χ1) is 10.2. The Kier molecular flexibility index (Phi) is 5.50. The molecule has 1 heterocycles. The quantitative estimate of drug-likeness (QED) is 0.685. The van der Waals surface area contributed by atoms with E-state index in [1.165, 1.54) is 0 Å². The largest absolute Gasteiger partial charge is 0.497 e. The molecule has 5 nitrogen and oxygen atoms in total. The molecule has 0 spiro atoms. The molecule has 0 aliphatic rings. The number of hydrogen-bond acceptors (Lipinski definition) is 5. The number of ether oxygens (including phenoxy) is 1. The Morgan fingerprint density at radius 2 is 2.14 bits per heavy atom. The molecular formula is C15H18ClNO4. The summed E-state index contributed by atoms with van der Waals surface area (Å²) in [5.41, 5.74) is 1.58. The summed E-state index contributed by atoms with van der Waals surface area (Å²) in [4.78, 5) is 0. The van der Waals surface area contributed by atoms with Gasteiger partial charge in [-0.25, -0.2) is 0 Å². The summed E-state index contributed by atoms with van der Waals surface area (Å²) in [5.74, 6) is 1.97. The van der Waals surface area contributed by atoms with E-state index in [0.717, 1.165) is 11.3 Å². The van der Waals surface area contributed by atoms with Gasteiger partial charge in [-0.3, -0.25) is 0 Å². The van der Waals surface area contributed by atoms with E-state index in [0.29, 0.717) is 23.8 Å². The highest BCUT2D eigenvalue weighted by atomic mass is 35.5. The van der Waals surface area contributed by atoms with E-state index in [2.05, 4.69) is 5.32 Å². The van der Waals surface area contributed by atoms with Crippen LogP contribution in [0.15, 0.2) is 34.7 Å². The van der Waals surface area contributed by atoms with Gasteiger partial charge in [-0.05, 0) is 24.3 Å². The Morgan fingerprint density at radius 3 is 2.76 bits per heavy atom. The van der Waals surface area contributed by atoms with Crippen LogP contribution in [0, 0.1) is 0 Å². The number of methoxy groups -OCH3 is 1. The second kappa shape index (κ2) is 7.36. The highest BCUT2D eigenvalue weighted by Gasteiger charge is 2.12. The summed E-state index contributed by atoms with van der Waals surface area (Å²) in [6.07, 6.45) is -0.643. The maximum atomic E-state index is 9.57. The molecule has 0 aliphatic heterocycles. The van der Waals surface area contributed by atoms with Gasteiger partial charge >= 0.3 is 0 Å². The lowest BCUT2D eigenvalue weighted by Gasteiger charge is -2.14. The monoisotopic (exact) mass is 311 g/mol. The van der Waals surface area contributed by atoms with Crippen LogP contribution in [0.2, 0.25) is 0 Å². The van der Waals surface area contributed by atoms with Crippen LogP contribution in [-0.4, -0.2) is 35.9 Å². The van der Waals surface area contributed by atoms with Crippen molar-refractivity contribution in [3.05, 3.63) is 36.1 Å². The average molecular weight is 312 g/mol. The lowest BCUT2D eigenvalue weighted by Crippen LogP contribution is -2.21. The van der Waals surface area contributed by atoms with E-state index in [-0.39, 0.29) is 12.5 Å². The molecule has 0 saturated heterocycles. The fourth-order valence-corrected chi connectivity index (χ4v) is 2.01. The molecule has 3 N–H and O–H groups in total. The molecule has 1 unspecified atom stereocenters. The van der Waals surface area contributed by atoms with E-state index in [1.807, 2.05) is 18.2 Å². The fraction of sp³-hybridized carbons (Fsp3) is 0.333. The van der Waals surface area contributed by atoms with Crippen LogP contribution in [0.4, 0.5) is 5.69 Å². The zero-order valence-corrected chi connectivity index (χ0v) is 12.4. The van der Waals surface area contributed by atoms with Crippen molar-refractivity contribution in [1.82, 2.24) is 0 Å². The minimum Gasteiger partial charge on any atom is -0.497 e. The normalized spacial score (nSPS) is 12.2. The smallest absolute Gasteiger partial charge is 0.136 e. The number of halogens is 1. The number of furan rings is 1. The third-order valence-electron chi connectivity index (χ3n) is 3.02. The molecule has 0 amide bonds. The average Bonchev–Trinajstić information content (AvgIpc) is 3.01. The molecular weight excluding hydrogens is 294 g/mol. The second-order valence-corrected chi connectivity index (χ2v) is 4.83. The maximum absolute atomic E-state index is 9.57. The first-order valence-corrected chi connectivity index (χ1v) is 7.07. The van der Waals surface area contributed by atoms with Crippen molar-refractivity contribution in [1.29, 1.82) is 0 Å². The van der Waals surface area contributed by atoms with Gasteiger partial charge in [-0.2, -0.15) is 0 Å². The predicted octanol–water partition coefficient (Wildman–Crippen LogP) is 2.46. The molecule has 2 rings (SSSR count). The number of benzene rings is 1. The predicted molar refractivity (Wildman–Crippen MR) is 81.8 cm³/mol. The minimum atomic E-state index is -0.643. The summed E-state index contributed by atoms with van der Waals surface area (Å²) < 4.78 is 10.8. The molecule has 0 fully saturated rings. The Morgan fingerprint density at radius 1 is 1.33 bits per heavy atom. The number of nitrogens with one attached hydrogen (secondary N) is 1. The first kappa shape index (κ1) is 15.7. The molecule has 0 aliphatic carbocycles. The topological polar surface area (TPSA) is 74.9 Å². The lowest BCUT2D eigenvalue weighted by molar-refractivity contribution is 0.211. The molecule has 114 valence electrons. The Labute approximate surface area is 128 Å². The van der Waals surface area contributed by atoms with Crippen molar-refractivity contribution in [2.75, 3.05) is 24.9 Å². The molecule has 1 aromatic heterocycles. The maximum Gasteiger partial charge on any atom is 0.136 e. The summed E-state index contributed by atoms with van der Waals surface area (Å²) in [6, 6.07) is 9.00. The van der Waals surface area contributed by atoms with Gasteiger partial charge in [0.05, 0.1) is 19.1 Å². The standard InChI is InChI=1S/C15H18ClNO4/c1-20-11-2-4-13(15-5-3-12(9-18)21-15)14(6-11)17-8-10(19)7-16/h2-6,10,17-19H,7-9H2,1H3. The van der Waals surface area contributed by atoms with Crippen molar-refractivity contribution in [2.24, 2.45) is 0 Å². The molecule has 0 saturated carbocycles. The van der Waals surface area contributed by atoms with Gasteiger partial charge in [0, 0.05) is 23.9 Å². The summed E-state index contributed by atoms with van der Waals surface area (Å²) in [6.45, 7) is 0.168. The number of hydrogen-bond donors (Lipinski definition) is 3. The third kappa shape index (κ3) is 3.91. The zero-order chi connectivity index (χ0) is 15.2. The Balaban J connectivity index is 2.30. The molecule has 1 aromatic carbocycles. The molecule has 0 radical (unpaired) electrons. The van der Waals surface area contributed by atoms with Gasteiger partial charge in [-0.15, -0.1) is 11.6 Å². The van der Waals surface area contributed by atoms with Crippen molar-refractivity contribution in [3.8, 4) is 17.1 Å². The van der Waals surface area contributed by atoms with Gasteiger partial charge < -0.3 is 24.7 Å². The van der Waals surface area contributed by atoms with Crippen LogP contribution in [0.1, 0.15) is 5.76 Å². The van der Waals surface area contributed by atoms with Crippen molar-refractivity contribution < 1.29 is 19.4 Å². The van der Waals surface area contributed by atoms with Gasteiger partial charge in [0.1, 0.15) is 23.9 Å². The van der Waals surface area contributed by atoms with Crippen molar-refractivity contribution in [3.63, 3.8) is 0 Å². The summed E-state index contributed by atoms with van der Waals surface area (Å²) in [5, 5.41) is 21.8. The number of alkyl halides is 1. The van der Waals surface area contributed by atoms with Gasteiger partial charge in [-0.1, -0.05) is 0 Å². The molecule has 2 aromatic rings. The molecule has 21 heavy (non-hydrogen) atoms. The van der Waals surface area contributed by atoms with Crippen LogP contribution < -0.4 is 10.1 Å². The van der Waals surface area contributed by atoms with Gasteiger partial charge in [0.15, 0.2) is 0 Å². The van der Waals surface area contributed by atoms with Crippen LogP contribution >= 0.6 is 11.6 Å². The summed E-state index contributed by atoms with van der Waals surface area (Å²) in [7, 11) is 1.59. The minimum absolute atomic E-state index is 0.149. The molecule has 1 atom stereocenters. The zero-order valence-electron chi connectivity index (χ0n) is 11.7. The van der Waals surface area contributed by atoms with Crippen LogP contribution in [0.25, 0.3) is 11.3 Å². The van der Waals surface area contributed by atoms with Gasteiger partial charge in [0.2, 0.25) is 0 Å². The number of rotatable bonds is 7. The fourth-order valence-electron chi connectivity index (χ4n) is 1.90. The van der Waals surface area contributed by atoms with E-state index >= 15 is 0 Å². The van der Waals surface area contributed by atoms with Crippen LogP contribution in [-0.2, 0) is 6.61 Å². The highest BCUT2D eigenvalue weighted by Crippen LogP contribution is 2.32. The number of aliphatic hydroxyl groups excluding tert-OH is 2. The van der Waals surface area contributed by atoms with Gasteiger partial charge in [0.25, 0.3) is 0 Å². The van der Waals surface area contributed by atoms with E-state index in [9.17, 15) is 5.11 Å².